The van der Waals surface area contributed by atoms with Gasteiger partial charge in [0.2, 0.25) is 11.8 Å². The van der Waals surface area contributed by atoms with Gasteiger partial charge in [0.05, 0.1) is 28.5 Å². The number of benzene rings is 1. The Kier molecular flexibility index (Phi) is 11.1. The molecule has 2 aliphatic rings. The maximum absolute atomic E-state index is 13.1. The van der Waals surface area contributed by atoms with Gasteiger partial charge in [0.25, 0.3) is 6.43 Å². The minimum absolute atomic E-state index is 0.0200. The summed E-state index contributed by atoms with van der Waals surface area (Å²) in [5, 5.41) is 18.5. The Morgan fingerprint density at radius 1 is 0.644 bits per heavy atom. The molecule has 0 atom stereocenters. The van der Waals surface area contributed by atoms with Gasteiger partial charge in [0.15, 0.2) is 5.82 Å². The van der Waals surface area contributed by atoms with E-state index in [0.717, 1.165) is 24.5 Å². The lowest BCUT2D eigenvalue weighted by molar-refractivity contribution is -0.137. The third kappa shape index (κ3) is 9.36. The summed E-state index contributed by atoms with van der Waals surface area (Å²) in [5.41, 5.74) is -1.55. The van der Waals surface area contributed by atoms with Crippen LogP contribution < -0.4 is 0 Å². The lowest BCUT2D eigenvalue weighted by Gasteiger charge is -2.34. The minimum atomic E-state index is -4.21. The quantitative estimate of drug-likeness (QED) is 0.266. The molecule has 2 aromatic heterocycles. The highest BCUT2D eigenvalue weighted by molar-refractivity contribution is 5.30. The van der Waals surface area contributed by atoms with Crippen LogP contribution in [0.3, 0.4) is 0 Å². The summed E-state index contributed by atoms with van der Waals surface area (Å²) < 4.78 is 112. The zero-order chi connectivity index (χ0) is 33.4. The van der Waals surface area contributed by atoms with Crippen molar-refractivity contribution in [2.75, 3.05) is 0 Å². The van der Waals surface area contributed by atoms with Crippen molar-refractivity contribution in [3.05, 3.63) is 84.0 Å². The van der Waals surface area contributed by atoms with Crippen molar-refractivity contribution in [1.82, 2.24) is 19.9 Å². The van der Waals surface area contributed by atoms with Gasteiger partial charge in [-0.2, -0.15) is 23.7 Å². The summed E-state index contributed by atoms with van der Waals surface area (Å²) in [6, 6.07) is 10.5. The van der Waals surface area contributed by atoms with Crippen molar-refractivity contribution in [2.24, 2.45) is 0 Å². The largest absolute Gasteiger partial charge is 0.416 e. The predicted octanol–water partition coefficient (Wildman–Crippen LogP) is 8.54. The van der Waals surface area contributed by atoms with Crippen LogP contribution in [0.15, 0.2) is 61.4 Å². The minimum Gasteiger partial charge on any atom is -0.244 e. The molecule has 2 fully saturated rings. The van der Waals surface area contributed by atoms with Crippen LogP contribution in [0.25, 0.3) is 0 Å². The SMILES string of the molecule is FC(F)(F)c1ccccc1.N#CC1(c2cnc(C(F)F)nc2)CCC(F)(F)CC1.N#CC1(c2cncnc2)CCC(F)(F)CC1. The van der Waals surface area contributed by atoms with Gasteiger partial charge < -0.3 is 0 Å². The average Bonchev–Trinajstić information content (AvgIpc) is 3.03. The summed E-state index contributed by atoms with van der Waals surface area (Å²) in [5.74, 6) is -6.02. The Morgan fingerprint density at radius 2 is 1.04 bits per heavy atom. The molecule has 5 rings (SSSR count). The van der Waals surface area contributed by atoms with Crippen molar-refractivity contribution in [3.8, 4) is 12.1 Å². The molecule has 0 unspecified atom stereocenters. The zero-order valence-corrected chi connectivity index (χ0v) is 23.6. The number of nitriles is 2. The number of halogens is 9. The third-order valence-electron chi connectivity index (χ3n) is 7.73. The van der Waals surface area contributed by atoms with E-state index < -0.39 is 59.5 Å². The Bertz CT molecular complexity index is 1430. The highest BCUT2D eigenvalue weighted by Gasteiger charge is 2.46. The molecule has 1 aromatic carbocycles. The van der Waals surface area contributed by atoms with Gasteiger partial charge in [-0.05, 0) is 25.7 Å². The van der Waals surface area contributed by atoms with Crippen LogP contribution >= 0.6 is 0 Å². The van der Waals surface area contributed by atoms with Crippen LogP contribution in [0.4, 0.5) is 39.5 Å². The standard InChI is InChI=1S/C12H11F4N3.C11H11F2N3.C7H5F3/c13-9(14)10-18-5-8(6-19-10)11(7-17)1-3-12(15,16)4-2-11;12-11(13)3-1-10(7-14,2-4-11)9-5-15-8-16-6-9;8-7(9,10)6-4-2-1-3-5-6/h5-6,9H,1-4H2;5-6,8H,1-4H2;1-5H. The molecule has 2 saturated carbocycles. The maximum atomic E-state index is 13.1. The van der Waals surface area contributed by atoms with E-state index in [-0.39, 0.29) is 38.5 Å². The van der Waals surface area contributed by atoms with Crippen LogP contribution in [-0.4, -0.2) is 31.8 Å². The molecule has 0 radical (unpaired) electrons. The average molecular weight is 643 g/mol. The van der Waals surface area contributed by atoms with Gasteiger partial charge in [0.1, 0.15) is 6.33 Å². The number of hydrogen-bond donors (Lipinski definition) is 0. The van der Waals surface area contributed by atoms with E-state index in [1.54, 1.807) is 18.5 Å². The number of hydrogen-bond acceptors (Lipinski definition) is 6. The number of aromatic nitrogens is 4. The Labute approximate surface area is 253 Å². The maximum Gasteiger partial charge on any atom is 0.416 e. The smallest absolute Gasteiger partial charge is 0.244 e. The van der Waals surface area contributed by atoms with Crippen LogP contribution in [0, 0.1) is 22.7 Å². The summed E-state index contributed by atoms with van der Waals surface area (Å²) in [7, 11) is 0. The first-order chi connectivity index (χ1) is 21.1. The van der Waals surface area contributed by atoms with E-state index in [0.29, 0.717) is 11.1 Å². The molecule has 45 heavy (non-hydrogen) atoms. The van der Waals surface area contributed by atoms with E-state index in [4.69, 9.17) is 0 Å². The van der Waals surface area contributed by atoms with Crippen LogP contribution in [0.1, 0.15) is 80.3 Å². The molecule has 2 heterocycles. The first-order valence-electron chi connectivity index (χ1n) is 13.6. The number of alkyl halides is 9. The molecule has 2 aliphatic carbocycles. The highest BCUT2D eigenvalue weighted by atomic mass is 19.4. The van der Waals surface area contributed by atoms with Crippen molar-refractivity contribution in [2.45, 2.75) is 86.6 Å². The second kappa shape index (κ2) is 14.2. The molecular weight excluding hydrogens is 615 g/mol. The Balaban J connectivity index is 0.000000193. The Hall–Kier alpha value is -4.27. The summed E-state index contributed by atoms with van der Waals surface area (Å²) in [6.45, 7) is 0. The van der Waals surface area contributed by atoms with Gasteiger partial charge in [-0.3, -0.25) is 0 Å². The first kappa shape index (κ1) is 35.2. The number of nitrogens with zero attached hydrogens (tertiary/aromatic N) is 6. The first-order valence-corrected chi connectivity index (χ1v) is 13.6. The van der Waals surface area contributed by atoms with E-state index >= 15 is 0 Å². The summed E-state index contributed by atoms with van der Waals surface area (Å²) in [4.78, 5) is 14.6. The highest BCUT2D eigenvalue weighted by Crippen LogP contribution is 2.46. The van der Waals surface area contributed by atoms with Crippen molar-refractivity contribution >= 4 is 0 Å². The van der Waals surface area contributed by atoms with Gasteiger partial charge in [-0.1, -0.05) is 30.3 Å². The molecular formula is C30H27F9N6. The summed E-state index contributed by atoms with van der Waals surface area (Å²) >= 11 is 0. The van der Waals surface area contributed by atoms with Crippen molar-refractivity contribution in [3.63, 3.8) is 0 Å². The Morgan fingerprint density at radius 3 is 1.38 bits per heavy atom. The molecule has 0 spiro atoms. The van der Waals surface area contributed by atoms with Crippen molar-refractivity contribution in [1.29, 1.82) is 10.5 Å². The fourth-order valence-corrected chi connectivity index (χ4v) is 4.89. The zero-order valence-electron chi connectivity index (χ0n) is 23.6. The van der Waals surface area contributed by atoms with Gasteiger partial charge in [-0.15, -0.1) is 0 Å². The molecule has 15 heteroatoms. The topological polar surface area (TPSA) is 99.1 Å². The predicted molar refractivity (Wildman–Crippen MR) is 142 cm³/mol. The molecule has 3 aromatic rings. The molecule has 6 nitrogen and oxygen atoms in total. The van der Waals surface area contributed by atoms with Crippen LogP contribution in [0.2, 0.25) is 0 Å². The molecule has 0 aliphatic heterocycles. The monoisotopic (exact) mass is 642 g/mol. The lowest BCUT2D eigenvalue weighted by Crippen LogP contribution is -2.35. The van der Waals surface area contributed by atoms with Gasteiger partial charge >= 0.3 is 6.18 Å². The van der Waals surface area contributed by atoms with Gasteiger partial charge in [-0.25, -0.2) is 46.3 Å². The second-order valence-electron chi connectivity index (χ2n) is 10.7. The lowest BCUT2D eigenvalue weighted by atomic mass is 9.70. The van der Waals surface area contributed by atoms with E-state index in [1.807, 2.05) is 6.07 Å². The van der Waals surface area contributed by atoms with Gasteiger partial charge in [0, 0.05) is 61.6 Å². The molecule has 0 saturated heterocycles. The number of rotatable bonds is 3. The third-order valence-corrected chi connectivity index (χ3v) is 7.73. The fourth-order valence-electron chi connectivity index (χ4n) is 4.89. The molecule has 0 bridgehead atoms. The molecule has 0 amide bonds. The van der Waals surface area contributed by atoms with Crippen LogP contribution in [-0.2, 0) is 17.0 Å². The van der Waals surface area contributed by atoms with E-state index in [9.17, 15) is 50.0 Å². The second-order valence-corrected chi connectivity index (χ2v) is 10.7. The fraction of sp³-hybridized carbons (Fsp3) is 0.467. The van der Waals surface area contributed by atoms with E-state index in [2.05, 4.69) is 26.0 Å². The van der Waals surface area contributed by atoms with E-state index in [1.165, 1.54) is 18.5 Å². The normalized spacial score (nSPS) is 19.4. The van der Waals surface area contributed by atoms with Crippen molar-refractivity contribution < 1.29 is 39.5 Å². The molecule has 0 N–H and O–H groups in total. The van der Waals surface area contributed by atoms with Crippen LogP contribution in [0.5, 0.6) is 0 Å². The molecule has 240 valence electrons. The summed E-state index contributed by atoms with van der Waals surface area (Å²) in [6.07, 6.45) is -1.23.